The fourth-order valence-electron chi connectivity index (χ4n) is 4.05. The number of ether oxygens (including phenoxy) is 1. The normalized spacial score (nSPS) is 28.5. The minimum atomic E-state index is -4.80. The van der Waals surface area contributed by atoms with E-state index in [2.05, 4.69) is 19.8 Å². The average molecular weight is 459 g/mol. The Balaban J connectivity index is 1.34. The van der Waals surface area contributed by atoms with Crippen LogP contribution in [0, 0.1) is 0 Å². The van der Waals surface area contributed by atoms with E-state index >= 15 is 0 Å². The van der Waals surface area contributed by atoms with Crippen LogP contribution in [0.3, 0.4) is 0 Å². The number of hydrogen-bond donors (Lipinski definition) is 2. The quantitative estimate of drug-likeness (QED) is 0.617. The molecule has 0 radical (unpaired) electrons. The molecule has 2 aliphatic heterocycles. The molecule has 0 unspecified atom stereocenters. The van der Waals surface area contributed by atoms with E-state index < -0.39 is 40.2 Å². The Morgan fingerprint density at radius 3 is 2.55 bits per heavy atom. The minimum absolute atomic E-state index is 0.00818. The number of nitrogens with zero attached hydrogens (tertiary/aromatic N) is 4. The van der Waals surface area contributed by atoms with Crippen LogP contribution in [0.1, 0.15) is 70.2 Å². The van der Waals surface area contributed by atoms with E-state index in [0.29, 0.717) is 36.6 Å². The minimum Gasteiger partial charge on any atom is -0.444 e. The summed E-state index contributed by atoms with van der Waals surface area (Å²) >= 11 is 0. The highest BCUT2D eigenvalue weighted by atomic mass is 32.3. The van der Waals surface area contributed by atoms with E-state index in [0.717, 1.165) is 0 Å². The lowest BCUT2D eigenvalue weighted by Gasteiger charge is -2.34. The van der Waals surface area contributed by atoms with Crippen molar-refractivity contribution in [3.05, 3.63) is 11.8 Å². The topological polar surface area (TPSA) is 164 Å². The molecular formula is C17H25N5O8S. The number of hydroxylamine groups is 2. The Hall–Kier alpha value is -2.45. The Bertz CT molecular complexity index is 967. The lowest BCUT2D eigenvalue weighted by Crippen LogP contribution is -2.45. The number of rotatable bonds is 5. The highest BCUT2D eigenvalue weighted by Crippen LogP contribution is 2.41. The fraction of sp³-hybridized carbons (Fsp3) is 0.765. The van der Waals surface area contributed by atoms with Gasteiger partial charge >= 0.3 is 22.5 Å². The number of carbonyl (C=O) groups is 2. The number of alkyl carbamates (subject to hydrolysis) is 1. The highest BCUT2D eigenvalue weighted by molar-refractivity contribution is 7.80. The summed E-state index contributed by atoms with van der Waals surface area (Å²) in [5.74, 6) is 0.683. The first-order chi connectivity index (χ1) is 14.4. The average Bonchev–Trinajstić information content (AvgIpc) is 3.16. The van der Waals surface area contributed by atoms with Gasteiger partial charge in [-0.2, -0.15) is 13.5 Å². The summed E-state index contributed by atoms with van der Waals surface area (Å²) in [6, 6.07) is -1.72. The van der Waals surface area contributed by atoms with Crippen molar-refractivity contribution < 1.29 is 36.0 Å². The number of amides is 3. The number of fused-ring (bicyclic) bond motifs is 2. The van der Waals surface area contributed by atoms with E-state index in [1.807, 2.05) is 0 Å². The van der Waals surface area contributed by atoms with E-state index in [1.165, 1.54) is 4.90 Å². The highest BCUT2D eigenvalue weighted by Gasteiger charge is 2.49. The van der Waals surface area contributed by atoms with Crippen LogP contribution < -0.4 is 5.32 Å². The van der Waals surface area contributed by atoms with Crippen molar-refractivity contribution in [3.8, 4) is 0 Å². The van der Waals surface area contributed by atoms with Gasteiger partial charge in [0.1, 0.15) is 11.6 Å². The van der Waals surface area contributed by atoms with Gasteiger partial charge in [-0.1, -0.05) is 0 Å². The zero-order chi connectivity index (χ0) is 22.6. The van der Waals surface area contributed by atoms with Crippen LogP contribution in [0.2, 0.25) is 0 Å². The van der Waals surface area contributed by atoms with Gasteiger partial charge in [0.15, 0.2) is 0 Å². The molecule has 14 heteroatoms. The number of piperidine rings is 1. The molecule has 2 atom stereocenters. The molecule has 3 heterocycles. The Morgan fingerprint density at radius 1 is 1.23 bits per heavy atom. The number of aromatic nitrogens is 2. The zero-order valence-corrected chi connectivity index (χ0v) is 18.2. The molecule has 172 valence electrons. The van der Waals surface area contributed by atoms with E-state index in [9.17, 15) is 18.0 Å². The SMILES string of the molecule is CC(C)(C)OC(=O)NC1CC(c2nnc([C@@H]3CC[C@@H]4CN3C(=O)N4OS(=O)(=O)O)o2)C1. The van der Waals surface area contributed by atoms with Gasteiger partial charge in [0.2, 0.25) is 11.8 Å². The van der Waals surface area contributed by atoms with Crippen LogP contribution >= 0.6 is 0 Å². The van der Waals surface area contributed by atoms with Crippen LogP contribution in [-0.4, -0.2) is 69.5 Å². The third-order valence-electron chi connectivity index (χ3n) is 5.45. The second kappa shape index (κ2) is 7.60. The van der Waals surface area contributed by atoms with Crippen molar-refractivity contribution in [1.82, 2.24) is 25.5 Å². The van der Waals surface area contributed by atoms with E-state index in [4.69, 9.17) is 13.7 Å². The smallest absolute Gasteiger partial charge is 0.418 e. The second-order valence-corrected chi connectivity index (χ2v) is 10.0. The Labute approximate surface area is 179 Å². The van der Waals surface area contributed by atoms with Gasteiger partial charge in [-0.25, -0.2) is 9.59 Å². The van der Waals surface area contributed by atoms with Crippen LogP contribution in [0.15, 0.2) is 4.42 Å². The summed E-state index contributed by atoms with van der Waals surface area (Å²) in [4.78, 5) is 25.7. The molecule has 3 fully saturated rings. The number of nitrogens with one attached hydrogen (secondary N) is 1. The molecule has 2 bridgehead atoms. The molecule has 1 aromatic rings. The Kier molecular flexibility index (Phi) is 5.34. The van der Waals surface area contributed by atoms with Gasteiger partial charge in [0.05, 0.1) is 6.04 Å². The third kappa shape index (κ3) is 4.75. The first-order valence-corrected chi connectivity index (χ1v) is 11.4. The molecule has 1 aliphatic carbocycles. The van der Waals surface area contributed by atoms with E-state index in [-0.39, 0.29) is 24.4 Å². The molecule has 0 spiro atoms. The van der Waals surface area contributed by atoms with Gasteiger partial charge < -0.3 is 19.4 Å². The molecule has 1 saturated carbocycles. The van der Waals surface area contributed by atoms with E-state index in [1.54, 1.807) is 20.8 Å². The number of urea groups is 1. The molecule has 2 saturated heterocycles. The summed E-state index contributed by atoms with van der Waals surface area (Å²) in [6.45, 7) is 5.61. The van der Waals surface area contributed by atoms with Gasteiger partial charge in [-0.05, 0) is 46.5 Å². The van der Waals surface area contributed by atoms with Crippen molar-refractivity contribution in [1.29, 1.82) is 0 Å². The monoisotopic (exact) mass is 459 g/mol. The molecule has 4 rings (SSSR count). The van der Waals surface area contributed by atoms with Crippen molar-refractivity contribution in [2.75, 3.05) is 6.54 Å². The molecular weight excluding hydrogens is 434 g/mol. The molecule has 3 aliphatic rings. The summed E-state index contributed by atoms with van der Waals surface area (Å²) in [5, 5.41) is 11.6. The molecule has 2 N–H and O–H groups in total. The summed E-state index contributed by atoms with van der Waals surface area (Å²) in [5.41, 5.74) is -0.567. The number of carbonyl (C=O) groups excluding carboxylic acids is 2. The predicted molar refractivity (Wildman–Crippen MR) is 102 cm³/mol. The fourth-order valence-corrected chi connectivity index (χ4v) is 4.43. The molecule has 3 amide bonds. The lowest BCUT2D eigenvalue weighted by atomic mass is 9.80. The van der Waals surface area contributed by atoms with Crippen LogP contribution in [0.4, 0.5) is 9.59 Å². The van der Waals surface area contributed by atoms with Crippen molar-refractivity contribution in [2.24, 2.45) is 0 Å². The van der Waals surface area contributed by atoms with Crippen molar-refractivity contribution >= 4 is 22.5 Å². The first kappa shape index (κ1) is 21.8. The lowest BCUT2D eigenvalue weighted by molar-refractivity contribution is -0.0317. The van der Waals surface area contributed by atoms with Crippen molar-refractivity contribution in [3.63, 3.8) is 0 Å². The summed E-state index contributed by atoms with van der Waals surface area (Å²) < 4.78 is 46.3. The standard InChI is InChI=1S/C17H25N5O8S/c1-17(2,3)29-15(23)18-10-6-9(7-10)13-19-20-14(28-13)12-5-4-11-8-21(12)16(24)22(11)30-31(25,26)27/h9-12H,4-8H2,1-3H3,(H,18,23)(H,25,26,27)/t9?,10?,11-,12+/m1/s1. The van der Waals surface area contributed by atoms with Gasteiger partial charge in [0.25, 0.3) is 0 Å². The zero-order valence-electron chi connectivity index (χ0n) is 17.3. The maximum atomic E-state index is 12.5. The first-order valence-electron chi connectivity index (χ1n) is 9.99. The third-order valence-corrected chi connectivity index (χ3v) is 5.80. The molecule has 0 aromatic carbocycles. The van der Waals surface area contributed by atoms with Crippen molar-refractivity contribution in [2.45, 2.75) is 76.1 Å². The maximum absolute atomic E-state index is 12.5. The van der Waals surface area contributed by atoms with Crippen LogP contribution in [0.25, 0.3) is 0 Å². The molecule has 31 heavy (non-hydrogen) atoms. The Morgan fingerprint density at radius 2 is 1.90 bits per heavy atom. The molecule has 13 nitrogen and oxygen atoms in total. The maximum Gasteiger partial charge on any atom is 0.418 e. The summed E-state index contributed by atoms with van der Waals surface area (Å²) in [7, 11) is -4.80. The predicted octanol–water partition coefficient (Wildman–Crippen LogP) is 1.52. The van der Waals surface area contributed by atoms with Crippen LogP contribution in [-0.2, 0) is 19.4 Å². The number of hydrogen-bond acceptors (Lipinski definition) is 9. The molecule has 1 aromatic heterocycles. The second-order valence-electron chi connectivity index (χ2n) is 9.00. The summed E-state index contributed by atoms with van der Waals surface area (Å²) in [6.07, 6.45) is 1.73. The van der Waals surface area contributed by atoms with Gasteiger partial charge in [0, 0.05) is 18.5 Å². The largest absolute Gasteiger partial charge is 0.444 e. The van der Waals surface area contributed by atoms with Gasteiger partial charge in [-0.15, -0.1) is 14.5 Å². The van der Waals surface area contributed by atoms with Crippen LogP contribution in [0.5, 0.6) is 0 Å². The van der Waals surface area contributed by atoms with Gasteiger partial charge in [-0.3, -0.25) is 4.55 Å².